The number of cyclic esters (lactones) is 1. The second-order valence-corrected chi connectivity index (χ2v) is 32.6. The zero-order chi connectivity index (χ0) is 89.6. The van der Waals surface area contributed by atoms with Crippen molar-refractivity contribution in [3.05, 3.63) is 0 Å². The lowest BCUT2D eigenvalue weighted by atomic mass is 9.78. The maximum absolute atomic E-state index is 15.8. The summed E-state index contributed by atoms with van der Waals surface area (Å²) in [6.07, 6.45) is -21.1. The number of unbranched alkanes of at least 4 members (excludes halogenated alkanes) is 1. The molecule has 2 aliphatic heterocycles. The summed E-state index contributed by atoms with van der Waals surface area (Å²) in [7, 11) is 1.17. The van der Waals surface area contributed by atoms with Crippen molar-refractivity contribution in [1.82, 2.24) is 41.7 Å². The molecular formula is C78H131N13O26. The first-order valence-electron chi connectivity index (χ1n) is 40.2. The number of carboxylic acids is 1. The zero-order valence-electron chi connectivity index (χ0n) is 70.1. The average molecular weight is 1670 g/mol. The molecule has 0 spiro atoms. The lowest BCUT2D eigenvalue weighted by Gasteiger charge is -2.39. The van der Waals surface area contributed by atoms with Gasteiger partial charge in [0.05, 0.1) is 54.6 Å². The van der Waals surface area contributed by atoms with Crippen LogP contribution in [0.1, 0.15) is 200 Å². The molecule has 0 aromatic heterocycles. The molecule has 12 amide bonds. The number of hydrogen-bond donors (Lipinski definition) is 17. The number of carbonyl (C=O) groups excluding carboxylic acids is 17. The minimum atomic E-state index is -2.76. The van der Waals surface area contributed by atoms with Gasteiger partial charge in [0.15, 0.2) is 29.6 Å². The number of Topliss-reactive ketones (excluding diaryl/α,β-unsaturated/α-hetero) is 4. The van der Waals surface area contributed by atoms with Crippen LogP contribution in [-0.4, -0.2) is 264 Å². The zero-order valence-corrected chi connectivity index (χ0v) is 70.1. The van der Waals surface area contributed by atoms with E-state index in [1.165, 1.54) is 48.6 Å². The molecule has 117 heavy (non-hydrogen) atoms. The third-order valence-corrected chi connectivity index (χ3v) is 22.0. The summed E-state index contributed by atoms with van der Waals surface area (Å²) >= 11 is 0. The van der Waals surface area contributed by atoms with Gasteiger partial charge in [0.2, 0.25) is 65.0 Å². The number of ketones is 4. The molecule has 0 bridgehead atoms. The molecule has 2 saturated heterocycles. The molecule has 23 atom stereocenters. The molecule has 2 fully saturated rings. The summed E-state index contributed by atoms with van der Waals surface area (Å²) in [6.45, 7) is 20.2. The number of carboxylic acid groups (broad SMARTS) is 1. The Bertz CT molecular complexity index is 3470. The largest absolute Gasteiger partial charge is 0.481 e. The second-order valence-electron chi connectivity index (χ2n) is 32.6. The van der Waals surface area contributed by atoms with Gasteiger partial charge in [-0.1, -0.05) is 76.2 Å². The van der Waals surface area contributed by atoms with E-state index in [-0.39, 0.29) is 77.0 Å². The number of carbonyl (C=O) groups is 18. The van der Waals surface area contributed by atoms with Crippen LogP contribution in [-0.2, 0) is 95.8 Å². The third-order valence-electron chi connectivity index (χ3n) is 22.0. The lowest BCUT2D eigenvalue weighted by Crippen LogP contribution is -2.61. The highest BCUT2D eigenvalue weighted by Gasteiger charge is 2.49. The van der Waals surface area contributed by atoms with Gasteiger partial charge in [0.1, 0.15) is 54.2 Å². The van der Waals surface area contributed by atoms with E-state index in [1.807, 2.05) is 13.8 Å². The molecule has 2 rings (SSSR count). The van der Waals surface area contributed by atoms with Crippen LogP contribution in [0.3, 0.4) is 0 Å². The summed E-state index contributed by atoms with van der Waals surface area (Å²) in [5.74, 6) is -34.7. The molecule has 0 radical (unpaired) electrons. The van der Waals surface area contributed by atoms with Crippen molar-refractivity contribution in [3.8, 4) is 0 Å². The predicted octanol–water partition coefficient (Wildman–Crippen LogP) is -3.39. The monoisotopic (exact) mass is 1670 g/mol. The van der Waals surface area contributed by atoms with Gasteiger partial charge in [-0.15, -0.1) is 0 Å². The van der Waals surface area contributed by atoms with Gasteiger partial charge >= 0.3 is 11.9 Å². The highest BCUT2D eigenvalue weighted by Crippen LogP contribution is 2.33. The summed E-state index contributed by atoms with van der Waals surface area (Å²) in [4.78, 5) is 258. The van der Waals surface area contributed by atoms with Crippen molar-refractivity contribution in [2.75, 3.05) is 26.7 Å². The van der Waals surface area contributed by atoms with Crippen molar-refractivity contribution in [2.24, 2.45) is 93.8 Å². The van der Waals surface area contributed by atoms with E-state index in [9.17, 15) is 88.2 Å². The first kappa shape index (κ1) is 104. The number of fused-ring (bicyclic) bond motifs is 1. The van der Waals surface area contributed by atoms with E-state index < -0.39 is 301 Å². The third kappa shape index (κ3) is 32.0. The number of likely N-dealkylation sites (N-methyl/N-ethyl adjacent to an activating group) is 1. The van der Waals surface area contributed by atoms with Crippen molar-refractivity contribution in [1.29, 1.82) is 0 Å². The number of hydrogen-bond acceptors (Lipinski definition) is 26. The highest BCUT2D eigenvalue weighted by atomic mass is 16.5. The Kier molecular flexibility index (Phi) is 43.9. The molecule has 0 aromatic rings. The molecule has 39 nitrogen and oxygen atoms in total. The smallest absolute Gasteiger partial charge is 0.329 e. The molecular weight excluding hydrogens is 1530 g/mol. The van der Waals surface area contributed by atoms with Crippen LogP contribution in [0.4, 0.5) is 0 Å². The Morgan fingerprint density at radius 3 is 1.75 bits per heavy atom. The van der Waals surface area contributed by atoms with Crippen LogP contribution >= 0.6 is 0 Å². The number of ether oxygens (including phenoxy) is 2. The fraction of sp³-hybridized carbons (Fsp3) is 0.769. The number of nitrogens with one attached hydrogen (secondary N) is 6. The number of rotatable bonds is 42. The quantitative estimate of drug-likeness (QED) is 0.0209. The van der Waals surface area contributed by atoms with Gasteiger partial charge in [-0.25, -0.2) is 4.79 Å². The first-order valence-corrected chi connectivity index (χ1v) is 40.2. The molecule has 23 unspecified atom stereocenters. The Labute approximate surface area is 682 Å². The molecule has 2 heterocycles. The van der Waals surface area contributed by atoms with Gasteiger partial charge < -0.3 is 115 Å². The molecule has 664 valence electrons. The van der Waals surface area contributed by atoms with E-state index >= 15 is 28.8 Å². The fourth-order valence-corrected chi connectivity index (χ4v) is 14.5. The lowest BCUT2D eigenvalue weighted by molar-refractivity contribution is -0.170. The first-order chi connectivity index (χ1) is 54.4. The van der Waals surface area contributed by atoms with Gasteiger partial charge in [0.25, 0.3) is 5.91 Å². The fourth-order valence-electron chi connectivity index (χ4n) is 14.5. The summed E-state index contributed by atoms with van der Waals surface area (Å²) in [5, 5.41) is 82.3. The van der Waals surface area contributed by atoms with Crippen LogP contribution in [0.15, 0.2) is 0 Å². The number of aliphatic hydroxyl groups is 5. The van der Waals surface area contributed by atoms with E-state index in [4.69, 9.17) is 38.1 Å². The van der Waals surface area contributed by atoms with E-state index in [2.05, 4.69) is 31.9 Å². The number of aliphatic carboxylic acids is 1. The minimum Gasteiger partial charge on any atom is -0.481 e. The van der Waals surface area contributed by atoms with Crippen molar-refractivity contribution < 1.29 is 126 Å². The molecule has 0 aromatic carbocycles. The van der Waals surface area contributed by atoms with Crippen molar-refractivity contribution in [3.63, 3.8) is 0 Å². The predicted molar refractivity (Wildman–Crippen MR) is 418 cm³/mol. The number of aliphatic hydroxyl groups excluding tert-OH is 5. The minimum absolute atomic E-state index is 0.0743. The molecule has 2 aliphatic rings. The summed E-state index contributed by atoms with van der Waals surface area (Å²) < 4.78 is 12.0. The number of primary amides is 4. The van der Waals surface area contributed by atoms with Gasteiger partial charge in [0, 0.05) is 58.2 Å². The molecule has 39 heteroatoms. The van der Waals surface area contributed by atoms with Crippen molar-refractivity contribution >= 4 is 106 Å². The standard InChI is InChI=1S/C78H131N13O26/c1-16-116-66(69(83)106)47-32-53(94)51(25-23-39(9)92)90(15)76(113)49(30-36(4)5)86-73(110)48(21-17-19-27-79)84-74(111)59(44(14)93)88-72(109)46(65(40(10)37(6)7)117-78(115)52-22-18-20-28-91(52)77(114)50(34-57(98)99)85-71(47)108)33-55(96)58(41(11)42(12)67(81)104)87-75(112)64(103)62(101)45(24-26-56(80)97)31-54(95)60(63(102)68(82)105)89-70(107)43(13)61(100)38(8)29-35(2)3/h35-38,40-52,58-66,93,100-103H,16-34,79H2,1-15H3,(H2,80,97)(H2,81,104)(H2,82,105)(H2,83,106)(H,84,111)(H,85,108)(H,86,110)(H,87,112)(H,88,109)(H,89,107)(H,98,99). The van der Waals surface area contributed by atoms with Gasteiger partial charge in [-0.05, 0) is 133 Å². The topological polar surface area (TPSA) is 656 Å². The molecule has 22 N–H and O–H groups in total. The number of amides is 12. The van der Waals surface area contributed by atoms with Gasteiger partial charge in [-0.2, -0.15) is 0 Å². The Morgan fingerprint density at radius 2 is 1.23 bits per heavy atom. The second kappa shape index (κ2) is 49.4. The van der Waals surface area contributed by atoms with Crippen LogP contribution in [0, 0.1) is 65.1 Å². The molecule has 0 saturated carbocycles. The average Bonchev–Trinajstić information content (AvgIpc) is 0.982. The summed E-state index contributed by atoms with van der Waals surface area (Å²) in [5.41, 5.74) is 28.4. The summed E-state index contributed by atoms with van der Waals surface area (Å²) in [6, 6.07) is -15.2. The van der Waals surface area contributed by atoms with E-state index in [0.29, 0.717) is 6.42 Å². The number of nitrogens with zero attached hydrogens (tertiary/aromatic N) is 2. The normalized spacial score (nSPS) is 24.4. The maximum atomic E-state index is 15.8. The molecule has 0 aliphatic carbocycles. The van der Waals surface area contributed by atoms with Crippen LogP contribution in [0.25, 0.3) is 0 Å². The number of nitrogens with two attached hydrogens (primary N) is 5. The Balaban J connectivity index is 3.25. The van der Waals surface area contributed by atoms with Crippen LogP contribution in [0.5, 0.6) is 0 Å². The maximum Gasteiger partial charge on any atom is 0.329 e. The van der Waals surface area contributed by atoms with E-state index in [0.717, 1.165) is 16.7 Å². The van der Waals surface area contributed by atoms with Gasteiger partial charge in [-0.3, -0.25) is 76.7 Å². The van der Waals surface area contributed by atoms with Crippen LogP contribution < -0.4 is 60.6 Å². The van der Waals surface area contributed by atoms with E-state index in [1.54, 1.807) is 34.6 Å². The Hall–Kier alpha value is -9.02. The highest BCUT2D eigenvalue weighted by molar-refractivity contribution is 6.01. The van der Waals surface area contributed by atoms with Crippen LogP contribution in [0.2, 0.25) is 0 Å². The Morgan fingerprint density at radius 1 is 0.632 bits per heavy atom. The van der Waals surface area contributed by atoms with Crippen molar-refractivity contribution in [2.45, 2.75) is 291 Å². The number of piperidine rings is 1. The SMILES string of the molecule is CCOC(C(N)=O)C1CC(=O)C(CCC(C)=O)N(C)C(=O)C(CC(C)C)NC(=O)C(CCCCN)NC(=O)C(C(C)O)NC(=O)C(CC(=O)C(NC(=O)C(O)C(O)C(CCC(N)=O)CC(=O)C(NC(=O)C(C)C(O)C(C)CC(C)C)C(O)C(N)=O)C(C)C(C)C(N)=O)C(C(C)C(C)C)OC(=O)C2CCCCN2C(=O)C(CC(=O)O)NC1=O. The number of esters is 1.